The van der Waals surface area contributed by atoms with Crippen LogP contribution in [0.25, 0.3) is 0 Å². The second-order valence-electron chi connectivity index (χ2n) is 6.30. The Kier molecular flexibility index (Phi) is 12.6. The predicted octanol–water partition coefficient (Wildman–Crippen LogP) is 3.20. The van der Waals surface area contributed by atoms with Crippen molar-refractivity contribution in [2.75, 3.05) is 13.2 Å². The van der Waals surface area contributed by atoms with Crippen molar-refractivity contribution < 1.29 is 9.47 Å². The molecule has 0 N–H and O–H groups in total. The maximum Gasteiger partial charge on any atom is 0.121 e. The van der Waals surface area contributed by atoms with E-state index in [-0.39, 0.29) is 0 Å². The van der Waals surface area contributed by atoms with E-state index in [0.717, 1.165) is 75.3 Å². The fourth-order valence-corrected chi connectivity index (χ4v) is 2.60. The predicted molar refractivity (Wildman–Crippen MR) is 110 cm³/mol. The van der Waals surface area contributed by atoms with Crippen molar-refractivity contribution in [3.05, 3.63) is 17.7 Å². The molecule has 0 unspecified atom stereocenters. The van der Waals surface area contributed by atoms with Gasteiger partial charge in [-0.3, -0.25) is 0 Å². The zero-order valence-electron chi connectivity index (χ0n) is 15.5. The second kappa shape index (κ2) is 14.3. The molecule has 1 aromatic rings. The van der Waals surface area contributed by atoms with Crippen LogP contribution in [0.4, 0.5) is 0 Å². The molecule has 0 saturated heterocycles. The van der Waals surface area contributed by atoms with E-state index in [1.54, 1.807) is 0 Å². The molecule has 0 bridgehead atoms. The van der Waals surface area contributed by atoms with Gasteiger partial charge in [0.1, 0.15) is 19.3 Å². The summed E-state index contributed by atoms with van der Waals surface area (Å²) < 4.78 is 11.7. The van der Waals surface area contributed by atoms with Crippen molar-refractivity contribution in [3.8, 4) is 11.5 Å². The summed E-state index contributed by atoms with van der Waals surface area (Å²) >= 11 is 0. The first kappa shape index (κ1) is 22.1. The molecule has 0 atom stereocenters. The Bertz CT molecular complexity index is 469. The Hall–Kier alpha value is -0.920. The standard InChI is InChI=1S/C19H28B4O2/c20-9-5-1-3-7-11-24-18-14-17(23)19(13-16(18)15-22)25-12-8-4-2-6-10-21/h13-14H,1-12,15H2. The Morgan fingerprint density at radius 1 is 0.640 bits per heavy atom. The summed E-state index contributed by atoms with van der Waals surface area (Å²) in [7, 11) is 22.9. The molecule has 0 aliphatic carbocycles. The largest absolute Gasteiger partial charge is 0.494 e. The van der Waals surface area contributed by atoms with Crippen LogP contribution in [-0.4, -0.2) is 44.6 Å². The van der Waals surface area contributed by atoms with Gasteiger partial charge in [0.2, 0.25) is 0 Å². The minimum atomic E-state index is 0.398. The third-order valence-electron chi connectivity index (χ3n) is 4.12. The Balaban J connectivity index is 2.43. The molecule has 0 heterocycles. The van der Waals surface area contributed by atoms with Crippen LogP contribution in [0, 0.1) is 0 Å². The average molecular weight is 332 g/mol. The van der Waals surface area contributed by atoms with E-state index in [4.69, 9.17) is 40.9 Å². The first-order valence-corrected chi connectivity index (χ1v) is 9.51. The zero-order chi connectivity index (χ0) is 18.3. The highest BCUT2D eigenvalue weighted by molar-refractivity contribution is 6.34. The van der Waals surface area contributed by atoms with E-state index in [1.807, 2.05) is 12.1 Å². The van der Waals surface area contributed by atoms with Crippen molar-refractivity contribution in [1.29, 1.82) is 0 Å². The second-order valence-corrected chi connectivity index (χ2v) is 6.30. The minimum Gasteiger partial charge on any atom is -0.494 e. The highest BCUT2D eigenvalue weighted by atomic mass is 16.5. The summed E-state index contributed by atoms with van der Waals surface area (Å²) in [4.78, 5) is 0. The van der Waals surface area contributed by atoms with Gasteiger partial charge in [0.05, 0.1) is 36.8 Å². The molecule has 1 aromatic carbocycles. The van der Waals surface area contributed by atoms with E-state index < -0.39 is 0 Å². The summed E-state index contributed by atoms with van der Waals surface area (Å²) in [5.41, 5.74) is 1.52. The van der Waals surface area contributed by atoms with Crippen molar-refractivity contribution in [2.24, 2.45) is 0 Å². The monoisotopic (exact) mass is 332 g/mol. The first-order chi connectivity index (χ1) is 12.2. The molecule has 0 aliphatic rings. The van der Waals surface area contributed by atoms with Crippen LogP contribution in [0.3, 0.4) is 0 Å². The van der Waals surface area contributed by atoms with Crippen molar-refractivity contribution in [2.45, 2.75) is 70.3 Å². The van der Waals surface area contributed by atoms with Crippen LogP contribution in [0.2, 0.25) is 12.6 Å². The SMILES string of the molecule is [B]CCCCCCOc1cc(C[B])c(OCCCCCC[B])cc1[B]. The van der Waals surface area contributed by atoms with Crippen LogP contribution >= 0.6 is 0 Å². The molecule has 2 nitrogen and oxygen atoms in total. The van der Waals surface area contributed by atoms with Crippen molar-refractivity contribution >= 4 is 36.8 Å². The maximum atomic E-state index is 6.10. The van der Waals surface area contributed by atoms with E-state index in [9.17, 15) is 0 Å². The molecular weight excluding hydrogens is 303 g/mol. The lowest BCUT2D eigenvalue weighted by molar-refractivity contribution is 0.297. The number of unbranched alkanes of at least 4 members (excludes halogenated alkanes) is 6. The zero-order valence-corrected chi connectivity index (χ0v) is 15.5. The lowest BCUT2D eigenvalue weighted by Gasteiger charge is -2.16. The third kappa shape index (κ3) is 9.37. The van der Waals surface area contributed by atoms with Gasteiger partial charge in [-0.15, -0.1) is 0 Å². The molecule has 8 radical (unpaired) electrons. The number of ether oxygens (including phenoxy) is 2. The lowest BCUT2D eigenvalue weighted by Crippen LogP contribution is -2.13. The number of hydrogen-bond donors (Lipinski definition) is 0. The number of hydrogen-bond acceptors (Lipinski definition) is 2. The molecule has 0 aliphatic heterocycles. The highest BCUT2D eigenvalue weighted by Gasteiger charge is 2.08. The number of rotatable bonds is 15. The Morgan fingerprint density at radius 3 is 1.68 bits per heavy atom. The summed E-state index contributed by atoms with van der Waals surface area (Å²) in [6, 6.07) is 3.73. The summed E-state index contributed by atoms with van der Waals surface area (Å²) in [6.07, 6.45) is 10.6. The maximum absolute atomic E-state index is 6.10. The van der Waals surface area contributed by atoms with Crippen LogP contribution in [0.5, 0.6) is 11.5 Å². The molecule has 25 heavy (non-hydrogen) atoms. The summed E-state index contributed by atoms with van der Waals surface area (Å²) in [5, 5.41) is 0. The van der Waals surface area contributed by atoms with E-state index in [0.29, 0.717) is 30.7 Å². The van der Waals surface area contributed by atoms with Gasteiger partial charge in [-0.05, 0) is 30.5 Å². The molecule has 0 spiro atoms. The highest BCUT2D eigenvalue weighted by Crippen LogP contribution is 2.23. The van der Waals surface area contributed by atoms with Crippen molar-refractivity contribution in [3.63, 3.8) is 0 Å². The van der Waals surface area contributed by atoms with E-state index in [1.165, 1.54) is 0 Å². The van der Waals surface area contributed by atoms with E-state index >= 15 is 0 Å². The molecule has 0 saturated carbocycles. The van der Waals surface area contributed by atoms with Crippen LogP contribution < -0.4 is 14.9 Å². The van der Waals surface area contributed by atoms with Gasteiger partial charge in [0.15, 0.2) is 0 Å². The molecule has 0 amide bonds. The van der Waals surface area contributed by atoms with Gasteiger partial charge in [0, 0.05) is 0 Å². The normalized spacial score (nSPS) is 10.7. The van der Waals surface area contributed by atoms with E-state index in [2.05, 4.69) is 0 Å². The molecule has 6 heteroatoms. The number of benzene rings is 1. The lowest BCUT2D eigenvalue weighted by atomic mass is 9.89. The summed E-state index contributed by atoms with van der Waals surface area (Å²) in [6.45, 7) is 1.32. The van der Waals surface area contributed by atoms with Crippen LogP contribution in [0.1, 0.15) is 56.9 Å². The van der Waals surface area contributed by atoms with Crippen molar-refractivity contribution in [1.82, 2.24) is 0 Å². The molecule has 1 rings (SSSR count). The van der Waals surface area contributed by atoms with Gasteiger partial charge >= 0.3 is 0 Å². The molecule has 128 valence electrons. The smallest absolute Gasteiger partial charge is 0.121 e. The fraction of sp³-hybridized carbons (Fsp3) is 0.684. The Labute approximate surface area is 159 Å². The van der Waals surface area contributed by atoms with Gasteiger partial charge in [-0.25, -0.2) is 0 Å². The molecule has 0 aromatic heterocycles. The van der Waals surface area contributed by atoms with Gasteiger partial charge in [-0.1, -0.05) is 62.9 Å². The first-order valence-electron chi connectivity index (χ1n) is 9.51. The van der Waals surface area contributed by atoms with Crippen LogP contribution in [0.15, 0.2) is 12.1 Å². The molecular formula is C19H28B4O2. The molecule has 0 fully saturated rings. The topological polar surface area (TPSA) is 18.5 Å². The summed E-state index contributed by atoms with van der Waals surface area (Å²) in [5.74, 6) is 1.45. The minimum absolute atomic E-state index is 0.398. The van der Waals surface area contributed by atoms with Gasteiger partial charge in [-0.2, -0.15) is 0 Å². The third-order valence-corrected chi connectivity index (χ3v) is 4.12. The van der Waals surface area contributed by atoms with Crippen LogP contribution in [-0.2, 0) is 6.32 Å². The van der Waals surface area contributed by atoms with Gasteiger partial charge < -0.3 is 9.47 Å². The fourth-order valence-electron chi connectivity index (χ4n) is 2.60. The average Bonchev–Trinajstić information content (AvgIpc) is 2.62. The Morgan fingerprint density at radius 2 is 1.16 bits per heavy atom. The quantitative estimate of drug-likeness (QED) is 0.363. The van der Waals surface area contributed by atoms with Gasteiger partial charge in [0.25, 0.3) is 0 Å².